The molecule has 4 rings (SSSR count). The Morgan fingerprint density at radius 1 is 1.25 bits per heavy atom. The number of aryl methyl sites for hydroxylation is 2. The fourth-order valence-corrected chi connectivity index (χ4v) is 6.66. The van der Waals surface area contributed by atoms with Gasteiger partial charge in [-0.1, -0.05) is 52.9 Å². The Kier molecular flexibility index (Phi) is 6.72. The van der Waals surface area contributed by atoms with Gasteiger partial charge < -0.3 is 15.7 Å². The molecule has 1 saturated heterocycles. The van der Waals surface area contributed by atoms with E-state index in [-0.39, 0.29) is 5.70 Å². The molecule has 9 nitrogen and oxygen atoms in total. The second-order valence-corrected chi connectivity index (χ2v) is 10.8. The van der Waals surface area contributed by atoms with E-state index in [2.05, 4.69) is 20.8 Å². The van der Waals surface area contributed by atoms with Crippen molar-refractivity contribution in [3.05, 3.63) is 51.7 Å². The summed E-state index contributed by atoms with van der Waals surface area (Å²) in [6, 6.07) is 6.56. The summed E-state index contributed by atoms with van der Waals surface area (Å²) in [4.78, 5) is 38.2. The second kappa shape index (κ2) is 9.51. The molecule has 0 spiro atoms. The van der Waals surface area contributed by atoms with Gasteiger partial charge in [0.15, 0.2) is 4.34 Å². The molecule has 0 radical (unpaired) electrons. The first-order valence-corrected chi connectivity index (χ1v) is 12.6. The van der Waals surface area contributed by atoms with Gasteiger partial charge in [-0.05, 0) is 25.0 Å². The Bertz CT molecular complexity index is 1090. The first-order valence-electron chi connectivity index (χ1n) is 9.76. The van der Waals surface area contributed by atoms with Gasteiger partial charge in [0, 0.05) is 18.1 Å². The number of rotatable bonds is 7. The standard InChI is InChI=1S/C20H21N5O4S3/c1-10-3-5-12(6-4-10)7-21-19(29)22-14-16(26)25-15(18(27)28)13(8-30-17(14)25)9-31-20-24-23-11(2)32-20/h3-6,14,17H,7-9H2,1-2H3,(H,27,28)(H2,21,22,29)/t14?,17-/m1/s1. The molecule has 168 valence electrons. The molecule has 1 aromatic heterocycles. The van der Waals surface area contributed by atoms with Crippen molar-refractivity contribution < 1.29 is 19.5 Å². The number of nitrogens with one attached hydrogen (secondary N) is 2. The SMILES string of the molecule is Cc1ccc(CNC(=O)NC2C(=O)N3C(C(=O)O)=C(CSc4nnc(C)s4)CS[C@H]23)cc1. The maximum atomic E-state index is 12.7. The number of β-lactam (4-membered cyclic amide) rings is 1. The number of aliphatic carboxylic acids is 1. The number of amides is 3. The fourth-order valence-electron chi connectivity index (χ4n) is 3.36. The number of carboxylic acids is 1. The normalized spacial score (nSPS) is 19.9. The smallest absolute Gasteiger partial charge is 0.352 e. The zero-order valence-corrected chi connectivity index (χ0v) is 19.8. The number of thioether (sulfide) groups is 2. The fraction of sp³-hybridized carbons (Fsp3) is 0.350. The number of carbonyl (C=O) groups excluding carboxylic acids is 2. The monoisotopic (exact) mass is 491 g/mol. The molecule has 2 aliphatic rings. The Balaban J connectivity index is 1.37. The zero-order valence-electron chi connectivity index (χ0n) is 17.3. The summed E-state index contributed by atoms with van der Waals surface area (Å²) in [6.07, 6.45) is 0. The largest absolute Gasteiger partial charge is 0.477 e. The van der Waals surface area contributed by atoms with Crippen LogP contribution in [-0.4, -0.2) is 61.0 Å². The lowest BCUT2D eigenvalue weighted by Crippen LogP contribution is -2.71. The Hall–Kier alpha value is -2.57. The second-order valence-electron chi connectivity index (χ2n) is 7.33. The van der Waals surface area contributed by atoms with Gasteiger partial charge in [0.25, 0.3) is 5.91 Å². The van der Waals surface area contributed by atoms with E-state index >= 15 is 0 Å². The molecule has 0 aliphatic carbocycles. The highest BCUT2D eigenvalue weighted by atomic mass is 32.2. The van der Waals surface area contributed by atoms with Gasteiger partial charge in [-0.25, -0.2) is 9.59 Å². The maximum absolute atomic E-state index is 12.7. The number of urea groups is 1. The van der Waals surface area contributed by atoms with Gasteiger partial charge in [-0.2, -0.15) is 0 Å². The van der Waals surface area contributed by atoms with Crippen molar-refractivity contribution in [3.63, 3.8) is 0 Å². The molecule has 0 saturated carbocycles. The zero-order chi connectivity index (χ0) is 22.8. The van der Waals surface area contributed by atoms with Crippen molar-refractivity contribution in [3.8, 4) is 0 Å². The molecule has 1 fully saturated rings. The van der Waals surface area contributed by atoms with E-state index in [0.717, 1.165) is 20.5 Å². The van der Waals surface area contributed by atoms with Crippen molar-refractivity contribution in [1.82, 2.24) is 25.7 Å². The van der Waals surface area contributed by atoms with Gasteiger partial charge >= 0.3 is 12.0 Å². The lowest BCUT2D eigenvalue weighted by atomic mass is 10.0. The van der Waals surface area contributed by atoms with E-state index in [9.17, 15) is 19.5 Å². The molecule has 2 atom stereocenters. The quantitative estimate of drug-likeness (QED) is 0.398. The number of hydrogen-bond acceptors (Lipinski definition) is 8. The van der Waals surface area contributed by atoms with Crippen molar-refractivity contribution in [1.29, 1.82) is 0 Å². The van der Waals surface area contributed by atoms with Crippen LogP contribution in [0.4, 0.5) is 4.79 Å². The van der Waals surface area contributed by atoms with Gasteiger partial charge in [0.1, 0.15) is 22.1 Å². The summed E-state index contributed by atoms with van der Waals surface area (Å²) in [5.74, 6) is -0.687. The molecule has 12 heteroatoms. The number of benzene rings is 1. The first-order chi connectivity index (χ1) is 15.3. The van der Waals surface area contributed by atoms with Crippen LogP contribution in [0.5, 0.6) is 0 Å². The van der Waals surface area contributed by atoms with E-state index in [1.54, 1.807) is 0 Å². The highest BCUT2D eigenvalue weighted by molar-refractivity contribution is 8.01. The Morgan fingerprint density at radius 3 is 2.66 bits per heavy atom. The van der Waals surface area contributed by atoms with Gasteiger partial charge in [-0.15, -0.1) is 22.0 Å². The predicted octanol–water partition coefficient (Wildman–Crippen LogP) is 2.37. The first kappa shape index (κ1) is 22.6. The summed E-state index contributed by atoms with van der Waals surface area (Å²) >= 11 is 4.30. The molecule has 2 aromatic rings. The van der Waals surface area contributed by atoms with Crippen LogP contribution in [-0.2, 0) is 16.1 Å². The average Bonchev–Trinajstić information content (AvgIpc) is 3.19. The molecule has 1 aromatic carbocycles. The third-order valence-corrected chi connectivity index (χ3v) is 8.39. The van der Waals surface area contributed by atoms with E-state index < -0.39 is 29.3 Å². The maximum Gasteiger partial charge on any atom is 0.352 e. The van der Waals surface area contributed by atoms with Crippen molar-refractivity contribution in [2.24, 2.45) is 0 Å². The summed E-state index contributed by atoms with van der Waals surface area (Å²) < 4.78 is 0.756. The molecule has 3 amide bonds. The van der Waals surface area contributed by atoms with Crippen LogP contribution >= 0.6 is 34.9 Å². The highest BCUT2D eigenvalue weighted by Gasteiger charge is 2.54. The molecule has 0 bridgehead atoms. The van der Waals surface area contributed by atoms with E-state index in [1.807, 2.05) is 38.1 Å². The number of hydrogen-bond donors (Lipinski definition) is 3. The molecule has 3 heterocycles. The minimum absolute atomic E-state index is 0.00519. The lowest BCUT2D eigenvalue weighted by molar-refractivity contribution is -0.148. The average molecular weight is 492 g/mol. The minimum atomic E-state index is -1.14. The van der Waals surface area contributed by atoms with E-state index in [4.69, 9.17) is 0 Å². The van der Waals surface area contributed by atoms with Crippen LogP contribution in [0.15, 0.2) is 39.9 Å². The van der Waals surface area contributed by atoms with Crippen LogP contribution in [0, 0.1) is 13.8 Å². The van der Waals surface area contributed by atoms with Crippen LogP contribution < -0.4 is 10.6 Å². The number of nitrogens with zero attached hydrogens (tertiary/aromatic N) is 3. The van der Waals surface area contributed by atoms with Gasteiger partial charge in [0.2, 0.25) is 0 Å². The topological polar surface area (TPSA) is 125 Å². The van der Waals surface area contributed by atoms with Crippen LogP contribution in [0.2, 0.25) is 0 Å². The van der Waals surface area contributed by atoms with Crippen molar-refractivity contribution in [2.75, 3.05) is 11.5 Å². The molecular weight excluding hydrogens is 470 g/mol. The van der Waals surface area contributed by atoms with Crippen molar-refractivity contribution in [2.45, 2.75) is 36.1 Å². The van der Waals surface area contributed by atoms with Gasteiger partial charge in [-0.3, -0.25) is 9.69 Å². The Labute approximate surface area is 197 Å². The third-order valence-electron chi connectivity index (χ3n) is 4.99. The Morgan fingerprint density at radius 2 is 2.00 bits per heavy atom. The molecular formula is C20H21N5O4S3. The summed E-state index contributed by atoms with van der Waals surface area (Å²) in [7, 11) is 0. The summed E-state index contributed by atoms with van der Waals surface area (Å²) in [5.41, 5.74) is 2.74. The molecule has 32 heavy (non-hydrogen) atoms. The van der Waals surface area contributed by atoms with Crippen LogP contribution in [0.3, 0.4) is 0 Å². The number of carboxylic acid groups (broad SMARTS) is 1. The number of fused-ring (bicyclic) bond motifs is 1. The van der Waals surface area contributed by atoms with Crippen molar-refractivity contribution >= 4 is 52.8 Å². The van der Waals surface area contributed by atoms with Crippen LogP contribution in [0.1, 0.15) is 16.1 Å². The minimum Gasteiger partial charge on any atom is -0.477 e. The molecule has 1 unspecified atom stereocenters. The number of aromatic nitrogens is 2. The lowest BCUT2D eigenvalue weighted by Gasteiger charge is -2.49. The number of carbonyl (C=O) groups is 3. The molecule has 3 N–H and O–H groups in total. The molecule has 2 aliphatic heterocycles. The van der Waals surface area contributed by atoms with E-state index in [1.165, 1.54) is 39.8 Å². The summed E-state index contributed by atoms with van der Waals surface area (Å²) in [6.45, 7) is 4.18. The predicted molar refractivity (Wildman–Crippen MR) is 123 cm³/mol. The van der Waals surface area contributed by atoms with E-state index in [0.29, 0.717) is 23.6 Å². The third kappa shape index (κ3) is 4.76. The summed E-state index contributed by atoms with van der Waals surface area (Å²) in [5, 5.41) is 23.6. The van der Waals surface area contributed by atoms with Crippen LogP contribution in [0.25, 0.3) is 0 Å². The van der Waals surface area contributed by atoms with Gasteiger partial charge in [0.05, 0.1) is 0 Å². The highest BCUT2D eigenvalue weighted by Crippen LogP contribution is 2.41.